The molecule has 0 spiro atoms. The van der Waals surface area contributed by atoms with Gasteiger partial charge in [0.2, 0.25) is 0 Å². The van der Waals surface area contributed by atoms with E-state index in [1.54, 1.807) is 37.6 Å². The lowest BCUT2D eigenvalue weighted by molar-refractivity contribution is 0.0953. The summed E-state index contributed by atoms with van der Waals surface area (Å²) in [6.45, 7) is 0.545. The van der Waals surface area contributed by atoms with E-state index in [1.165, 1.54) is 0 Å². The summed E-state index contributed by atoms with van der Waals surface area (Å²) in [7, 11) is 1.58. The summed E-state index contributed by atoms with van der Waals surface area (Å²) in [6, 6.07) is 10.8. The lowest BCUT2D eigenvalue weighted by atomic mass is 10.2. The summed E-state index contributed by atoms with van der Waals surface area (Å²) in [5.74, 6) is 1.43. The Labute approximate surface area is 106 Å². The minimum Gasteiger partial charge on any atom is -0.497 e. The van der Waals surface area contributed by atoms with Crippen LogP contribution in [0.4, 0.5) is 0 Å². The molecule has 94 valence electrons. The van der Waals surface area contributed by atoms with Crippen molar-refractivity contribution in [2.24, 2.45) is 0 Å². The van der Waals surface area contributed by atoms with Gasteiger partial charge >= 0.3 is 0 Å². The molecule has 0 saturated carbocycles. The molecule has 0 bridgehead atoms. The first-order valence-electron chi connectivity index (χ1n) is 5.74. The molecule has 0 unspecified atom stereocenters. The topological polar surface area (TPSA) is 51.5 Å². The van der Waals surface area contributed by atoms with Gasteiger partial charge in [0.25, 0.3) is 5.91 Å². The normalized spacial score (nSPS) is 10.1. The van der Waals surface area contributed by atoms with Crippen molar-refractivity contribution in [3.05, 3.63) is 54.0 Å². The SMILES string of the molecule is COc1cccc(C(=O)NCCc2ccco2)c1. The maximum atomic E-state index is 11.8. The van der Waals surface area contributed by atoms with Crippen LogP contribution in [0.1, 0.15) is 16.1 Å². The Kier molecular flexibility index (Phi) is 4.02. The number of nitrogens with one attached hydrogen (secondary N) is 1. The van der Waals surface area contributed by atoms with Gasteiger partial charge in [-0.3, -0.25) is 4.79 Å². The summed E-state index contributed by atoms with van der Waals surface area (Å²) in [5.41, 5.74) is 0.591. The first-order chi connectivity index (χ1) is 8.79. The number of methoxy groups -OCH3 is 1. The largest absolute Gasteiger partial charge is 0.497 e. The molecule has 1 heterocycles. The molecule has 0 aliphatic rings. The van der Waals surface area contributed by atoms with Crippen molar-refractivity contribution in [2.45, 2.75) is 6.42 Å². The number of carbonyl (C=O) groups excluding carboxylic acids is 1. The van der Waals surface area contributed by atoms with Crippen LogP contribution in [0.3, 0.4) is 0 Å². The van der Waals surface area contributed by atoms with Crippen molar-refractivity contribution in [2.75, 3.05) is 13.7 Å². The minimum atomic E-state index is -0.111. The van der Waals surface area contributed by atoms with E-state index < -0.39 is 0 Å². The van der Waals surface area contributed by atoms with Crippen LogP contribution in [0.2, 0.25) is 0 Å². The van der Waals surface area contributed by atoms with Crippen LogP contribution in [0.5, 0.6) is 5.75 Å². The summed E-state index contributed by atoms with van der Waals surface area (Å²) in [4.78, 5) is 11.8. The van der Waals surface area contributed by atoms with Crippen molar-refractivity contribution >= 4 is 5.91 Å². The summed E-state index contributed by atoms with van der Waals surface area (Å²) >= 11 is 0. The first-order valence-corrected chi connectivity index (χ1v) is 5.74. The highest BCUT2D eigenvalue weighted by molar-refractivity contribution is 5.94. The molecule has 0 aliphatic heterocycles. The number of amides is 1. The van der Waals surface area contributed by atoms with E-state index >= 15 is 0 Å². The molecule has 0 radical (unpaired) electrons. The van der Waals surface area contributed by atoms with Gasteiger partial charge in [0.05, 0.1) is 13.4 Å². The predicted molar refractivity (Wildman–Crippen MR) is 67.7 cm³/mol. The fraction of sp³-hybridized carbons (Fsp3) is 0.214. The average Bonchev–Trinajstić information content (AvgIpc) is 2.92. The third kappa shape index (κ3) is 3.13. The van der Waals surface area contributed by atoms with Crippen molar-refractivity contribution in [3.63, 3.8) is 0 Å². The molecule has 1 amide bonds. The quantitative estimate of drug-likeness (QED) is 0.879. The molecule has 0 saturated heterocycles. The third-order valence-corrected chi connectivity index (χ3v) is 2.57. The highest BCUT2D eigenvalue weighted by Gasteiger charge is 2.06. The number of hydrogen-bond donors (Lipinski definition) is 1. The summed E-state index contributed by atoms with van der Waals surface area (Å²) in [6.07, 6.45) is 2.31. The number of hydrogen-bond acceptors (Lipinski definition) is 3. The zero-order chi connectivity index (χ0) is 12.8. The van der Waals surface area contributed by atoms with Gasteiger partial charge in [-0.1, -0.05) is 6.07 Å². The molecule has 4 nitrogen and oxygen atoms in total. The van der Waals surface area contributed by atoms with Crippen LogP contribution in [-0.2, 0) is 6.42 Å². The van der Waals surface area contributed by atoms with E-state index in [9.17, 15) is 4.79 Å². The van der Waals surface area contributed by atoms with Gasteiger partial charge in [-0.15, -0.1) is 0 Å². The van der Waals surface area contributed by atoms with Gasteiger partial charge in [-0.05, 0) is 30.3 Å². The second-order valence-electron chi connectivity index (χ2n) is 3.82. The van der Waals surface area contributed by atoms with Crippen LogP contribution in [0.25, 0.3) is 0 Å². The molecule has 0 fully saturated rings. The minimum absolute atomic E-state index is 0.111. The molecular formula is C14H15NO3. The van der Waals surface area contributed by atoms with E-state index in [1.807, 2.05) is 12.1 Å². The van der Waals surface area contributed by atoms with E-state index in [-0.39, 0.29) is 5.91 Å². The summed E-state index contributed by atoms with van der Waals surface area (Å²) < 4.78 is 10.3. The highest BCUT2D eigenvalue weighted by atomic mass is 16.5. The predicted octanol–water partition coefficient (Wildman–Crippen LogP) is 2.26. The van der Waals surface area contributed by atoms with E-state index in [4.69, 9.17) is 9.15 Å². The standard InChI is InChI=1S/C14H15NO3/c1-17-13-5-2-4-11(10-13)14(16)15-8-7-12-6-3-9-18-12/h2-6,9-10H,7-8H2,1H3,(H,15,16). The van der Waals surface area contributed by atoms with Gasteiger partial charge in [0, 0.05) is 18.5 Å². The van der Waals surface area contributed by atoms with Crippen molar-refractivity contribution in [1.82, 2.24) is 5.32 Å². The summed E-state index contributed by atoms with van der Waals surface area (Å²) in [5, 5.41) is 2.83. The Morgan fingerprint density at radius 2 is 2.22 bits per heavy atom. The van der Waals surface area contributed by atoms with Gasteiger partial charge in [0.15, 0.2) is 0 Å². The maximum absolute atomic E-state index is 11.8. The van der Waals surface area contributed by atoms with Gasteiger partial charge in [0.1, 0.15) is 11.5 Å². The molecule has 1 aromatic heterocycles. The lowest BCUT2D eigenvalue weighted by Gasteiger charge is -2.05. The van der Waals surface area contributed by atoms with Crippen molar-refractivity contribution in [1.29, 1.82) is 0 Å². The fourth-order valence-electron chi connectivity index (χ4n) is 1.62. The smallest absolute Gasteiger partial charge is 0.251 e. The van der Waals surface area contributed by atoms with Crippen molar-refractivity contribution < 1.29 is 13.9 Å². The fourth-order valence-corrected chi connectivity index (χ4v) is 1.62. The zero-order valence-electron chi connectivity index (χ0n) is 10.2. The number of furan rings is 1. The van der Waals surface area contributed by atoms with E-state index in [0.717, 1.165) is 5.76 Å². The van der Waals surface area contributed by atoms with Crippen LogP contribution in [0.15, 0.2) is 47.1 Å². The van der Waals surface area contributed by atoms with Gasteiger partial charge in [-0.25, -0.2) is 0 Å². The van der Waals surface area contributed by atoms with Crippen molar-refractivity contribution in [3.8, 4) is 5.75 Å². The third-order valence-electron chi connectivity index (χ3n) is 2.57. The Morgan fingerprint density at radius 3 is 2.94 bits per heavy atom. The first kappa shape index (κ1) is 12.2. The molecule has 0 aliphatic carbocycles. The Bertz CT molecular complexity index is 506. The maximum Gasteiger partial charge on any atom is 0.251 e. The molecular weight excluding hydrogens is 230 g/mol. The van der Waals surface area contributed by atoms with Gasteiger partial charge < -0.3 is 14.5 Å². The average molecular weight is 245 g/mol. The Morgan fingerprint density at radius 1 is 1.33 bits per heavy atom. The molecule has 2 aromatic rings. The zero-order valence-corrected chi connectivity index (χ0v) is 10.2. The number of rotatable bonds is 5. The second-order valence-corrected chi connectivity index (χ2v) is 3.82. The van der Waals surface area contributed by atoms with E-state index in [0.29, 0.717) is 24.3 Å². The second kappa shape index (κ2) is 5.91. The lowest BCUT2D eigenvalue weighted by Crippen LogP contribution is -2.25. The highest BCUT2D eigenvalue weighted by Crippen LogP contribution is 2.12. The molecule has 2 rings (SSSR count). The monoisotopic (exact) mass is 245 g/mol. The van der Waals surface area contributed by atoms with Crippen LogP contribution < -0.4 is 10.1 Å². The Balaban J connectivity index is 1.87. The number of ether oxygens (including phenoxy) is 1. The van der Waals surface area contributed by atoms with E-state index in [2.05, 4.69) is 5.32 Å². The number of benzene rings is 1. The van der Waals surface area contributed by atoms with Crippen LogP contribution in [-0.4, -0.2) is 19.6 Å². The Hall–Kier alpha value is -2.23. The number of carbonyl (C=O) groups is 1. The molecule has 0 atom stereocenters. The molecule has 4 heteroatoms. The van der Waals surface area contributed by atoms with Crippen LogP contribution >= 0.6 is 0 Å². The van der Waals surface area contributed by atoms with Crippen LogP contribution in [0, 0.1) is 0 Å². The molecule has 18 heavy (non-hydrogen) atoms. The van der Waals surface area contributed by atoms with Gasteiger partial charge in [-0.2, -0.15) is 0 Å². The molecule has 1 N–H and O–H groups in total. The molecule has 1 aromatic carbocycles.